The maximum Gasteiger partial charge on any atom is 0.261 e. The lowest BCUT2D eigenvalue weighted by Gasteiger charge is -2.31. The fraction of sp³-hybridized carbons (Fsp3) is 0.750. The number of sulfonamides is 1. The molecule has 8 heteroatoms. The van der Waals surface area contributed by atoms with Gasteiger partial charge in [0.05, 0.1) is 6.33 Å². The Morgan fingerprint density at radius 2 is 2.10 bits per heavy atom. The van der Waals surface area contributed by atoms with Gasteiger partial charge in [0.15, 0.2) is 0 Å². The van der Waals surface area contributed by atoms with Crippen molar-refractivity contribution in [1.82, 2.24) is 19.2 Å². The fourth-order valence-corrected chi connectivity index (χ4v) is 4.17. The van der Waals surface area contributed by atoms with E-state index in [4.69, 9.17) is 11.6 Å². The van der Waals surface area contributed by atoms with Gasteiger partial charge in [-0.05, 0) is 38.9 Å². The van der Waals surface area contributed by atoms with Crippen molar-refractivity contribution in [2.75, 3.05) is 19.6 Å². The lowest BCUT2D eigenvalue weighted by atomic mass is 10.1. The minimum Gasteiger partial charge on any atom is -0.324 e. The summed E-state index contributed by atoms with van der Waals surface area (Å²) in [7, 11) is -1.97. The number of halogens is 1. The van der Waals surface area contributed by atoms with E-state index in [-0.39, 0.29) is 16.2 Å². The van der Waals surface area contributed by atoms with E-state index in [1.54, 1.807) is 7.05 Å². The highest BCUT2D eigenvalue weighted by Gasteiger charge is 2.27. The van der Waals surface area contributed by atoms with Crippen molar-refractivity contribution in [3.05, 3.63) is 11.5 Å². The zero-order valence-corrected chi connectivity index (χ0v) is 13.4. The van der Waals surface area contributed by atoms with Crippen LogP contribution in [-0.4, -0.2) is 48.5 Å². The second-order valence-electron chi connectivity index (χ2n) is 5.19. The molecule has 1 aromatic rings. The van der Waals surface area contributed by atoms with Crippen LogP contribution in [0, 0.1) is 0 Å². The van der Waals surface area contributed by atoms with Crippen LogP contribution in [0.2, 0.25) is 5.15 Å². The Hall–Kier alpha value is -0.630. The van der Waals surface area contributed by atoms with Crippen LogP contribution in [0.1, 0.15) is 26.2 Å². The first kappa shape index (κ1) is 15.8. The van der Waals surface area contributed by atoms with Crippen molar-refractivity contribution in [2.24, 2.45) is 7.05 Å². The van der Waals surface area contributed by atoms with Crippen molar-refractivity contribution in [2.45, 2.75) is 37.3 Å². The van der Waals surface area contributed by atoms with Gasteiger partial charge in [-0.25, -0.2) is 18.1 Å². The van der Waals surface area contributed by atoms with Gasteiger partial charge < -0.3 is 9.47 Å². The predicted octanol–water partition coefficient (Wildman–Crippen LogP) is 1.23. The molecule has 0 spiro atoms. The molecule has 1 N–H and O–H groups in total. The molecule has 2 heterocycles. The van der Waals surface area contributed by atoms with Gasteiger partial charge in [-0.3, -0.25) is 0 Å². The monoisotopic (exact) mass is 320 g/mol. The highest BCUT2D eigenvalue weighted by molar-refractivity contribution is 7.89. The molecule has 0 bridgehead atoms. The van der Waals surface area contributed by atoms with Crippen LogP contribution in [0.5, 0.6) is 0 Å². The predicted molar refractivity (Wildman–Crippen MR) is 78.3 cm³/mol. The second kappa shape index (κ2) is 6.43. The minimum absolute atomic E-state index is 0.0359. The molecule has 2 rings (SSSR count). The third kappa shape index (κ3) is 3.52. The van der Waals surface area contributed by atoms with Gasteiger partial charge in [0.25, 0.3) is 10.0 Å². The second-order valence-corrected chi connectivity index (χ2v) is 7.18. The Balaban J connectivity index is 1.98. The van der Waals surface area contributed by atoms with Gasteiger partial charge in [0.1, 0.15) is 5.15 Å². The third-order valence-electron chi connectivity index (χ3n) is 3.54. The highest BCUT2D eigenvalue weighted by atomic mass is 35.5. The molecule has 0 unspecified atom stereocenters. The molecule has 0 aliphatic carbocycles. The number of likely N-dealkylation sites (tertiary alicyclic amines) is 1. The van der Waals surface area contributed by atoms with Crippen molar-refractivity contribution in [3.8, 4) is 0 Å². The summed E-state index contributed by atoms with van der Waals surface area (Å²) in [5.41, 5.74) is 0. The summed E-state index contributed by atoms with van der Waals surface area (Å²) in [5, 5.41) is 0.0542. The molecule has 20 heavy (non-hydrogen) atoms. The number of nitrogens with one attached hydrogen (secondary N) is 1. The average molecular weight is 321 g/mol. The van der Waals surface area contributed by atoms with Crippen LogP contribution in [-0.2, 0) is 17.1 Å². The standard InChI is InChI=1S/C12H21ClN4O2S/c1-3-6-17-7-4-10(5-8-17)15-20(18,19)12-11(13)16(2)9-14-12/h9-10,15H,3-8H2,1-2H3. The molecular formula is C12H21ClN4O2S. The molecular weight excluding hydrogens is 300 g/mol. The Labute approximate surface area is 125 Å². The van der Waals surface area contributed by atoms with E-state index in [0.717, 1.165) is 38.9 Å². The van der Waals surface area contributed by atoms with E-state index in [1.165, 1.54) is 10.9 Å². The Morgan fingerprint density at radius 1 is 1.45 bits per heavy atom. The fourth-order valence-electron chi connectivity index (χ4n) is 2.44. The van der Waals surface area contributed by atoms with Gasteiger partial charge in [-0.1, -0.05) is 18.5 Å². The highest BCUT2D eigenvalue weighted by Crippen LogP contribution is 2.20. The topological polar surface area (TPSA) is 67.2 Å². The van der Waals surface area contributed by atoms with Crippen molar-refractivity contribution >= 4 is 21.6 Å². The number of hydrogen-bond donors (Lipinski definition) is 1. The summed E-state index contributed by atoms with van der Waals surface area (Å²) < 4.78 is 28.7. The zero-order valence-electron chi connectivity index (χ0n) is 11.8. The number of imidazole rings is 1. The van der Waals surface area contributed by atoms with E-state index >= 15 is 0 Å². The minimum atomic E-state index is -3.63. The van der Waals surface area contributed by atoms with Crippen LogP contribution in [0.15, 0.2) is 11.4 Å². The van der Waals surface area contributed by atoms with Crippen LogP contribution >= 0.6 is 11.6 Å². The normalized spacial score (nSPS) is 18.6. The Morgan fingerprint density at radius 3 is 2.60 bits per heavy atom. The molecule has 1 saturated heterocycles. The first-order valence-corrected chi connectivity index (χ1v) is 8.71. The van der Waals surface area contributed by atoms with Crippen LogP contribution in [0.3, 0.4) is 0 Å². The molecule has 1 aromatic heterocycles. The maximum absolute atomic E-state index is 12.3. The number of hydrogen-bond acceptors (Lipinski definition) is 4. The molecule has 0 amide bonds. The maximum atomic E-state index is 12.3. The summed E-state index contributed by atoms with van der Waals surface area (Å²) in [4.78, 5) is 6.23. The number of aromatic nitrogens is 2. The number of nitrogens with zero attached hydrogens (tertiary/aromatic N) is 3. The number of piperidine rings is 1. The molecule has 114 valence electrons. The molecule has 0 atom stereocenters. The van der Waals surface area contributed by atoms with E-state index in [2.05, 4.69) is 21.5 Å². The first-order valence-electron chi connectivity index (χ1n) is 6.85. The number of aryl methyl sites for hydroxylation is 1. The lowest BCUT2D eigenvalue weighted by Crippen LogP contribution is -2.44. The smallest absolute Gasteiger partial charge is 0.261 e. The Bertz CT molecular complexity index is 550. The summed E-state index contributed by atoms with van der Waals surface area (Å²) >= 11 is 5.95. The summed E-state index contributed by atoms with van der Waals surface area (Å²) in [6.45, 7) is 5.08. The van der Waals surface area contributed by atoms with Crippen molar-refractivity contribution in [3.63, 3.8) is 0 Å². The zero-order chi connectivity index (χ0) is 14.8. The molecule has 0 radical (unpaired) electrons. The van der Waals surface area contributed by atoms with E-state index in [1.807, 2.05) is 0 Å². The summed E-state index contributed by atoms with van der Waals surface area (Å²) in [5.74, 6) is 0. The largest absolute Gasteiger partial charge is 0.324 e. The number of rotatable bonds is 5. The SMILES string of the molecule is CCCN1CCC(NS(=O)(=O)c2ncn(C)c2Cl)CC1. The van der Waals surface area contributed by atoms with E-state index in [0.29, 0.717) is 0 Å². The van der Waals surface area contributed by atoms with Crippen molar-refractivity contribution < 1.29 is 8.42 Å². The Kier molecular flexibility index (Phi) is 5.06. The van der Waals surface area contributed by atoms with Gasteiger partial charge in [0, 0.05) is 13.1 Å². The molecule has 6 nitrogen and oxygen atoms in total. The van der Waals surface area contributed by atoms with Gasteiger partial charge >= 0.3 is 0 Å². The molecule has 0 saturated carbocycles. The van der Waals surface area contributed by atoms with E-state index < -0.39 is 10.0 Å². The van der Waals surface area contributed by atoms with Crippen LogP contribution in [0.4, 0.5) is 0 Å². The summed E-state index contributed by atoms with van der Waals surface area (Å²) in [6.07, 6.45) is 4.17. The summed E-state index contributed by atoms with van der Waals surface area (Å²) in [6, 6.07) is -0.0359. The van der Waals surface area contributed by atoms with E-state index in [9.17, 15) is 8.42 Å². The van der Waals surface area contributed by atoms with Gasteiger partial charge in [-0.15, -0.1) is 0 Å². The quantitative estimate of drug-likeness (QED) is 0.886. The molecule has 1 aliphatic rings. The van der Waals surface area contributed by atoms with Crippen LogP contribution < -0.4 is 4.72 Å². The molecule has 1 fully saturated rings. The van der Waals surface area contributed by atoms with Gasteiger partial charge in [-0.2, -0.15) is 0 Å². The van der Waals surface area contributed by atoms with Gasteiger partial charge in [0.2, 0.25) is 5.03 Å². The van der Waals surface area contributed by atoms with Crippen LogP contribution in [0.25, 0.3) is 0 Å². The third-order valence-corrected chi connectivity index (χ3v) is 5.55. The lowest BCUT2D eigenvalue weighted by molar-refractivity contribution is 0.208. The molecule has 0 aromatic carbocycles. The molecule has 1 aliphatic heterocycles. The van der Waals surface area contributed by atoms with Crippen molar-refractivity contribution in [1.29, 1.82) is 0 Å². The average Bonchev–Trinajstić information content (AvgIpc) is 2.73. The first-order chi connectivity index (χ1) is 9.44.